The minimum absolute atomic E-state index is 0. The molecule has 0 aromatic rings. The third-order valence-electron chi connectivity index (χ3n) is 0.587. The summed E-state index contributed by atoms with van der Waals surface area (Å²) in [5.74, 6) is 7.71. The standard InChI is InChI=1S/C7H10S.6CO.2Co/c1-3-5-7-8-6-4-2;6*1-2;;/h4H,2,6-7H2,1H3;;;;;;;;. The minimum Gasteiger partial charge on any atom is 0 e. The summed E-state index contributed by atoms with van der Waals surface area (Å²) < 4.78 is 45.0. The first-order valence-corrected chi connectivity index (χ1v) is 4.88. The van der Waals surface area contributed by atoms with Gasteiger partial charge >= 0.3 is 67.8 Å². The van der Waals surface area contributed by atoms with E-state index < -0.39 is 0 Å². The molecule has 0 saturated heterocycles. The van der Waals surface area contributed by atoms with E-state index in [1.165, 1.54) is 0 Å². The fourth-order valence-electron chi connectivity index (χ4n) is 0.265. The summed E-state index contributed by atoms with van der Waals surface area (Å²) in [5, 5.41) is 0. The maximum absolute atomic E-state index is 7.50. The van der Waals surface area contributed by atoms with Crippen LogP contribution in [0.4, 0.5) is 0 Å². The van der Waals surface area contributed by atoms with Crippen LogP contribution in [0.15, 0.2) is 12.7 Å². The van der Waals surface area contributed by atoms with Crippen LogP contribution in [0.25, 0.3) is 0 Å². The molecule has 0 aromatic carbocycles. The van der Waals surface area contributed by atoms with Gasteiger partial charge in [0.05, 0.1) is 5.75 Å². The van der Waals surface area contributed by atoms with Crippen LogP contribution in [0.5, 0.6) is 0 Å². The van der Waals surface area contributed by atoms with Gasteiger partial charge in [-0.2, -0.15) is 0 Å². The first-order valence-electron chi connectivity index (χ1n) is 3.72. The molecule has 0 heterocycles. The second kappa shape index (κ2) is 282. The third-order valence-corrected chi connectivity index (χ3v) is 1.41. The zero-order valence-electron chi connectivity index (χ0n) is 11.2. The second-order valence-electron chi connectivity index (χ2n) is 1.23. The van der Waals surface area contributed by atoms with E-state index in [4.69, 9.17) is 27.9 Å². The summed E-state index contributed by atoms with van der Waals surface area (Å²) in [4.78, 5) is 0. The fraction of sp³-hybridized carbons (Fsp3) is 0.231. The van der Waals surface area contributed by atoms with Gasteiger partial charge in [0.1, 0.15) is 0 Å². The Morgan fingerprint density at radius 2 is 1.09 bits per heavy atom. The predicted octanol–water partition coefficient (Wildman–Crippen LogP) is 1.70. The molecule has 0 amide bonds. The SMILES string of the molecule is C=CCSCC#CC.[C-]#[O+].[C-]#[O+].[C-]#[O+].[C-]#[O+].[C-]#[O+].[C-]#[O+].[Co].[Co]. The van der Waals surface area contributed by atoms with Crippen molar-refractivity contribution in [3.8, 4) is 11.8 Å². The van der Waals surface area contributed by atoms with E-state index in [0.717, 1.165) is 11.5 Å². The van der Waals surface area contributed by atoms with E-state index in [2.05, 4.69) is 58.3 Å². The maximum atomic E-state index is 7.50. The summed E-state index contributed by atoms with van der Waals surface area (Å²) in [6.07, 6.45) is 1.89. The summed E-state index contributed by atoms with van der Waals surface area (Å²) >= 11 is 1.79. The van der Waals surface area contributed by atoms with Crippen molar-refractivity contribution in [3.63, 3.8) is 0 Å². The van der Waals surface area contributed by atoms with Crippen molar-refractivity contribution in [2.75, 3.05) is 11.5 Å². The molecule has 0 saturated carbocycles. The Bertz CT molecular complexity index is 274. The van der Waals surface area contributed by atoms with Gasteiger partial charge in [0.2, 0.25) is 0 Å². The van der Waals surface area contributed by atoms with Gasteiger partial charge in [-0.25, -0.2) is 0 Å². The van der Waals surface area contributed by atoms with Crippen molar-refractivity contribution >= 4 is 11.8 Å². The van der Waals surface area contributed by atoms with E-state index in [1.807, 2.05) is 13.0 Å². The van der Waals surface area contributed by atoms with Crippen LogP contribution in [-0.4, -0.2) is 11.5 Å². The summed E-state index contributed by atoms with van der Waals surface area (Å²) in [7, 11) is 0. The molecule has 0 aliphatic heterocycles. The first kappa shape index (κ1) is 58.2. The van der Waals surface area contributed by atoms with E-state index in [1.54, 1.807) is 11.8 Å². The van der Waals surface area contributed by atoms with E-state index in [-0.39, 0.29) is 33.6 Å². The van der Waals surface area contributed by atoms with Gasteiger partial charge in [-0.15, -0.1) is 24.3 Å². The van der Waals surface area contributed by atoms with Crippen LogP contribution >= 0.6 is 11.8 Å². The van der Waals surface area contributed by atoms with Gasteiger partial charge in [0.15, 0.2) is 0 Å². The van der Waals surface area contributed by atoms with Crippen molar-refractivity contribution in [3.05, 3.63) is 52.6 Å². The van der Waals surface area contributed by atoms with E-state index in [0.29, 0.717) is 0 Å². The quantitative estimate of drug-likeness (QED) is 0.227. The van der Waals surface area contributed by atoms with Gasteiger partial charge in [-0.05, 0) is 6.92 Å². The number of hydrogen-bond acceptors (Lipinski definition) is 1. The topological polar surface area (TPSA) is 119 Å². The minimum atomic E-state index is 0. The van der Waals surface area contributed by atoms with Gasteiger partial charge in [0, 0.05) is 39.3 Å². The summed E-state index contributed by atoms with van der Waals surface area (Å²) in [6, 6.07) is 0. The van der Waals surface area contributed by atoms with Crippen molar-refractivity contribution in [1.82, 2.24) is 0 Å². The normalized spacial score (nSPS) is 3.14. The number of thioether (sulfide) groups is 1. The van der Waals surface area contributed by atoms with Crippen LogP contribution in [0.2, 0.25) is 0 Å². The number of hydrogen-bond donors (Lipinski definition) is 0. The molecule has 9 heteroatoms. The van der Waals surface area contributed by atoms with Crippen LogP contribution < -0.4 is 0 Å². The maximum Gasteiger partial charge on any atom is 0 e. The Morgan fingerprint density at radius 3 is 1.27 bits per heavy atom. The molecule has 0 atom stereocenters. The Labute approximate surface area is 156 Å². The van der Waals surface area contributed by atoms with Gasteiger partial charge in [-0.3, -0.25) is 0 Å². The third kappa shape index (κ3) is 372. The molecule has 6 nitrogen and oxygen atoms in total. The molecular formula is C13H10Co2O6S. The predicted molar refractivity (Wildman–Crippen MR) is 64.5 cm³/mol. The fourth-order valence-corrected chi connectivity index (χ4v) is 0.796. The van der Waals surface area contributed by atoms with Crippen LogP contribution in [-0.2, 0) is 61.5 Å². The monoisotopic (exact) mass is 412 g/mol. The van der Waals surface area contributed by atoms with Gasteiger partial charge < -0.3 is 0 Å². The van der Waals surface area contributed by atoms with E-state index >= 15 is 0 Å². The Kier molecular flexibility index (Phi) is 746. The Hall–Kier alpha value is -0.897. The Morgan fingerprint density at radius 1 is 0.818 bits per heavy atom. The molecule has 0 N–H and O–H groups in total. The molecule has 0 unspecified atom stereocenters. The molecule has 0 fully saturated rings. The smallest absolute Gasteiger partial charge is 0 e. The average Bonchev–Trinajstić information content (AvgIpc) is 2.62. The van der Waals surface area contributed by atoms with Crippen molar-refractivity contribution < 1.29 is 61.5 Å². The zero-order chi connectivity index (χ0) is 18.2. The molecule has 22 heavy (non-hydrogen) atoms. The molecular weight excluding hydrogens is 402 g/mol. The average molecular weight is 412 g/mol. The van der Waals surface area contributed by atoms with Gasteiger partial charge in [0.25, 0.3) is 0 Å². The molecule has 0 bridgehead atoms. The molecule has 0 spiro atoms. The van der Waals surface area contributed by atoms with Crippen molar-refractivity contribution in [2.45, 2.75) is 6.92 Å². The largest absolute Gasteiger partial charge is 0 e. The van der Waals surface area contributed by atoms with Crippen LogP contribution in [0, 0.1) is 51.7 Å². The molecule has 0 aliphatic rings. The van der Waals surface area contributed by atoms with E-state index in [9.17, 15) is 0 Å². The van der Waals surface area contributed by atoms with Crippen LogP contribution in [0.1, 0.15) is 6.92 Å². The number of rotatable bonds is 3. The second-order valence-corrected chi connectivity index (χ2v) is 2.26. The molecule has 0 rings (SSSR count). The van der Waals surface area contributed by atoms with Crippen LogP contribution in [0.3, 0.4) is 0 Å². The summed E-state index contributed by atoms with van der Waals surface area (Å²) in [6.45, 7) is 32.4. The molecule has 122 valence electrons. The zero-order valence-corrected chi connectivity index (χ0v) is 14.1. The molecule has 0 aromatic heterocycles. The van der Waals surface area contributed by atoms with Crippen molar-refractivity contribution in [2.24, 2.45) is 0 Å². The first-order chi connectivity index (χ1) is 9.91. The molecule has 0 aliphatic carbocycles. The summed E-state index contributed by atoms with van der Waals surface area (Å²) in [5.41, 5.74) is 0. The Balaban J connectivity index is -0.0000000149. The molecule has 2 radical (unpaired) electrons. The van der Waals surface area contributed by atoms with Crippen molar-refractivity contribution in [1.29, 1.82) is 0 Å². The van der Waals surface area contributed by atoms with Gasteiger partial charge in [-0.1, -0.05) is 12.0 Å².